The highest BCUT2D eigenvalue weighted by Crippen LogP contribution is 2.41. The van der Waals surface area contributed by atoms with E-state index >= 15 is 0 Å². The SMILES string of the molecule is COc1ccc(-c2cn[nH]c2-c2cc(C(C)C)c(OC)cc2O)cc1. The van der Waals surface area contributed by atoms with E-state index in [0.717, 1.165) is 28.1 Å². The Kier molecular flexibility index (Phi) is 4.65. The van der Waals surface area contributed by atoms with Crippen molar-refractivity contribution in [1.29, 1.82) is 0 Å². The van der Waals surface area contributed by atoms with Crippen molar-refractivity contribution in [1.82, 2.24) is 10.2 Å². The van der Waals surface area contributed by atoms with Gasteiger partial charge < -0.3 is 14.6 Å². The molecule has 0 aliphatic carbocycles. The van der Waals surface area contributed by atoms with E-state index in [-0.39, 0.29) is 11.7 Å². The van der Waals surface area contributed by atoms with Crippen molar-refractivity contribution in [3.63, 3.8) is 0 Å². The first-order valence-electron chi connectivity index (χ1n) is 8.14. The van der Waals surface area contributed by atoms with Crippen LogP contribution in [0.4, 0.5) is 0 Å². The number of methoxy groups -OCH3 is 2. The van der Waals surface area contributed by atoms with Gasteiger partial charge in [-0.15, -0.1) is 0 Å². The Hall–Kier alpha value is -2.95. The minimum absolute atomic E-state index is 0.153. The van der Waals surface area contributed by atoms with Crippen molar-refractivity contribution in [2.45, 2.75) is 19.8 Å². The molecule has 0 saturated carbocycles. The van der Waals surface area contributed by atoms with Crippen LogP contribution in [0.25, 0.3) is 22.4 Å². The van der Waals surface area contributed by atoms with E-state index in [1.807, 2.05) is 30.3 Å². The van der Waals surface area contributed by atoms with Crippen molar-refractivity contribution >= 4 is 0 Å². The van der Waals surface area contributed by atoms with Gasteiger partial charge in [0, 0.05) is 17.2 Å². The van der Waals surface area contributed by atoms with E-state index < -0.39 is 0 Å². The number of aromatic hydroxyl groups is 1. The number of nitrogens with one attached hydrogen (secondary N) is 1. The normalized spacial score (nSPS) is 10.9. The molecule has 0 aliphatic rings. The summed E-state index contributed by atoms with van der Waals surface area (Å²) in [6, 6.07) is 11.4. The van der Waals surface area contributed by atoms with Gasteiger partial charge in [0.1, 0.15) is 17.2 Å². The summed E-state index contributed by atoms with van der Waals surface area (Å²) in [5, 5.41) is 17.7. The fourth-order valence-corrected chi connectivity index (χ4v) is 2.89. The number of aromatic nitrogens is 2. The zero-order valence-corrected chi connectivity index (χ0v) is 14.8. The fraction of sp³-hybridized carbons (Fsp3) is 0.250. The van der Waals surface area contributed by atoms with E-state index in [4.69, 9.17) is 9.47 Å². The number of aromatic amines is 1. The van der Waals surface area contributed by atoms with Crippen molar-refractivity contribution in [2.24, 2.45) is 0 Å². The lowest BCUT2D eigenvalue weighted by Crippen LogP contribution is -1.96. The number of phenols is 1. The standard InChI is InChI=1S/C20H22N2O3/c1-12(2)15-9-16(18(23)10-19(15)25-4)20-17(11-21-22-20)13-5-7-14(24-3)8-6-13/h5-12,23H,1-4H3,(H,21,22). The second-order valence-corrected chi connectivity index (χ2v) is 6.15. The lowest BCUT2D eigenvalue weighted by molar-refractivity contribution is 0.401. The third-order valence-corrected chi connectivity index (χ3v) is 4.28. The summed E-state index contributed by atoms with van der Waals surface area (Å²) in [6.07, 6.45) is 1.76. The predicted octanol–water partition coefficient (Wildman–Crippen LogP) is 4.59. The molecule has 5 nitrogen and oxygen atoms in total. The highest BCUT2D eigenvalue weighted by Gasteiger charge is 2.18. The van der Waals surface area contributed by atoms with Gasteiger partial charge in [0.25, 0.3) is 0 Å². The first-order chi connectivity index (χ1) is 12.0. The Morgan fingerprint density at radius 2 is 1.72 bits per heavy atom. The zero-order chi connectivity index (χ0) is 18.0. The Bertz CT molecular complexity index is 867. The van der Waals surface area contributed by atoms with Crippen LogP contribution in [0.5, 0.6) is 17.2 Å². The van der Waals surface area contributed by atoms with Gasteiger partial charge in [0.2, 0.25) is 0 Å². The molecule has 0 fully saturated rings. The molecule has 0 saturated heterocycles. The monoisotopic (exact) mass is 338 g/mol. The van der Waals surface area contributed by atoms with E-state index in [0.29, 0.717) is 11.3 Å². The topological polar surface area (TPSA) is 67.4 Å². The molecule has 25 heavy (non-hydrogen) atoms. The van der Waals surface area contributed by atoms with Crippen LogP contribution in [0.2, 0.25) is 0 Å². The number of hydrogen-bond acceptors (Lipinski definition) is 4. The molecule has 2 aromatic carbocycles. The smallest absolute Gasteiger partial charge is 0.128 e. The number of H-pyrrole nitrogens is 1. The van der Waals surface area contributed by atoms with Crippen LogP contribution in [-0.2, 0) is 0 Å². The first-order valence-corrected chi connectivity index (χ1v) is 8.14. The third kappa shape index (κ3) is 3.18. The third-order valence-electron chi connectivity index (χ3n) is 4.28. The van der Waals surface area contributed by atoms with E-state index in [2.05, 4.69) is 24.0 Å². The van der Waals surface area contributed by atoms with E-state index in [9.17, 15) is 5.11 Å². The molecule has 0 atom stereocenters. The van der Waals surface area contributed by atoms with E-state index in [1.54, 1.807) is 26.5 Å². The second kappa shape index (κ2) is 6.89. The number of rotatable bonds is 5. The molecule has 0 unspecified atom stereocenters. The van der Waals surface area contributed by atoms with Crippen LogP contribution >= 0.6 is 0 Å². The predicted molar refractivity (Wildman–Crippen MR) is 98.3 cm³/mol. The summed E-state index contributed by atoms with van der Waals surface area (Å²) in [5.74, 6) is 1.90. The molecule has 1 heterocycles. The number of benzene rings is 2. The van der Waals surface area contributed by atoms with Gasteiger partial charge in [-0.05, 0) is 35.2 Å². The summed E-state index contributed by atoms with van der Waals surface area (Å²) in [6.45, 7) is 4.19. The molecule has 0 radical (unpaired) electrons. The maximum Gasteiger partial charge on any atom is 0.128 e. The van der Waals surface area contributed by atoms with Gasteiger partial charge in [0.05, 0.1) is 26.1 Å². The summed E-state index contributed by atoms with van der Waals surface area (Å²) in [5.41, 5.74) is 4.41. The number of phenolic OH excluding ortho intramolecular Hbond substituents is 1. The van der Waals surface area contributed by atoms with Gasteiger partial charge in [-0.1, -0.05) is 26.0 Å². The molecular formula is C20H22N2O3. The Morgan fingerprint density at radius 3 is 2.32 bits per heavy atom. The van der Waals surface area contributed by atoms with Crippen LogP contribution in [0.1, 0.15) is 25.3 Å². The van der Waals surface area contributed by atoms with Crippen molar-refractivity contribution in [3.05, 3.63) is 48.2 Å². The lowest BCUT2D eigenvalue weighted by atomic mass is 9.95. The molecule has 3 rings (SSSR count). The summed E-state index contributed by atoms with van der Waals surface area (Å²) in [4.78, 5) is 0. The Balaban J connectivity index is 2.12. The van der Waals surface area contributed by atoms with Crippen molar-refractivity contribution < 1.29 is 14.6 Å². The molecular weight excluding hydrogens is 316 g/mol. The Labute approximate surface area is 147 Å². The molecule has 1 aromatic heterocycles. The van der Waals surface area contributed by atoms with Gasteiger partial charge in [0.15, 0.2) is 0 Å². The number of hydrogen-bond donors (Lipinski definition) is 2. The van der Waals surface area contributed by atoms with Crippen LogP contribution in [-0.4, -0.2) is 29.5 Å². The number of ether oxygens (including phenoxy) is 2. The van der Waals surface area contributed by atoms with Crippen molar-refractivity contribution in [2.75, 3.05) is 14.2 Å². The quantitative estimate of drug-likeness (QED) is 0.714. The fourth-order valence-electron chi connectivity index (χ4n) is 2.89. The lowest BCUT2D eigenvalue weighted by Gasteiger charge is -2.15. The molecule has 5 heteroatoms. The molecule has 0 aliphatic heterocycles. The first kappa shape index (κ1) is 16.9. The average molecular weight is 338 g/mol. The minimum Gasteiger partial charge on any atom is -0.507 e. The van der Waals surface area contributed by atoms with Crippen LogP contribution in [0.15, 0.2) is 42.6 Å². The minimum atomic E-state index is 0.153. The van der Waals surface area contributed by atoms with Gasteiger partial charge in [-0.25, -0.2) is 0 Å². The largest absolute Gasteiger partial charge is 0.507 e. The van der Waals surface area contributed by atoms with Crippen LogP contribution < -0.4 is 9.47 Å². The average Bonchev–Trinajstić information content (AvgIpc) is 3.10. The molecule has 0 spiro atoms. The second-order valence-electron chi connectivity index (χ2n) is 6.15. The molecule has 3 aromatic rings. The Morgan fingerprint density at radius 1 is 1.00 bits per heavy atom. The van der Waals surface area contributed by atoms with Crippen molar-refractivity contribution in [3.8, 4) is 39.6 Å². The maximum absolute atomic E-state index is 10.5. The molecule has 0 amide bonds. The van der Waals surface area contributed by atoms with Crippen LogP contribution in [0.3, 0.4) is 0 Å². The highest BCUT2D eigenvalue weighted by atomic mass is 16.5. The van der Waals surface area contributed by atoms with Gasteiger partial charge in [-0.3, -0.25) is 5.10 Å². The molecule has 130 valence electrons. The molecule has 0 bridgehead atoms. The van der Waals surface area contributed by atoms with E-state index in [1.165, 1.54) is 0 Å². The summed E-state index contributed by atoms with van der Waals surface area (Å²) >= 11 is 0. The number of nitrogens with zero attached hydrogens (tertiary/aromatic N) is 1. The summed E-state index contributed by atoms with van der Waals surface area (Å²) in [7, 11) is 3.25. The highest BCUT2D eigenvalue weighted by molar-refractivity contribution is 5.84. The maximum atomic E-state index is 10.5. The molecule has 2 N–H and O–H groups in total. The zero-order valence-electron chi connectivity index (χ0n) is 14.8. The van der Waals surface area contributed by atoms with Gasteiger partial charge in [-0.2, -0.15) is 5.10 Å². The van der Waals surface area contributed by atoms with Gasteiger partial charge >= 0.3 is 0 Å². The van der Waals surface area contributed by atoms with Crippen LogP contribution in [0, 0.1) is 0 Å². The summed E-state index contributed by atoms with van der Waals surface area (Å²) < 4.78 is 10.6.